The van der Waals surface area contributed by atoms with Gasteiger partial charge in [0.25, 0.3) is 0 Å². The maximum atomic E-state index is 12.9. The minimum Gasteiger partial charge on any atom is -0.508 e. The fourth-order valence-corrected chi connectivity index (χ4v) is 5.06. The number of hydrogen-bond acceptors (Lipinski definition) is 4. The van der Waals surface area contributed by atoms with Crippen LogP contribution in [0, 0.1) is 5.92 Å². The molecule has 0 radical (unpaired) electrons. The van der Waals surface area contributed by atoms with Crippen LogP contribution in [0.5, 0.6) is 5.75 Å². The van der Waals surface area contributed by atoms with Crippen LogP contribution < -0.4 is 0 Å². The quantitative estimate of drug-likeness (QED) is 0.586. The number of aromatic nitrogens is 1. The van der Waals surface area contributed by atoms with Crippen molar-refractivity contribution in [3.8, 4) is 5.75 Å². The third-order valence-corrected chi connectivity index (χ3v) is 6.89. The van der Waals surface area contributed by atoms with Crippen molar-refractivity contribution in [2.24, 2.45) is 5.92 Å². The van der Waals surface area contributed by atoms with E-state index in [0.29, 0.717) is 24.5 Å². The van der Waals surface area contributed by atoms with Gasteiger partial charge in [0, 0.05) is 36.5 Å². The standard InChI is InChI=1S/C26H28N2O3/c29-23-5-1-19(2-6-23)17-27-12-9-18(10-13-27)3-7-24(30)22-15-20-4-8-25(31)28-14-11-21(16-22)26(20)28/h1-2,5-6,11,14-16,18,29H,3-4,7-10,12-13,17H2. The first-order valence-corrected chi connectivity index (χ1v) is 11.3. The summed E-state index contributed by atoms with van der Waals surface area (Å²) in [4.78, 5) is 27.4. The van der Waals surface area contributed by atoms with Gasteiger partial charge in [-0.2, -0.15) is 0 Å². The summed E-state index contributed by atoms with van der Waals surface area (Å²) >= 11 is 0. The number of phenols is 1. The van der Waals surface area contributed by atoms with Crippen LogP contribution in [0.4, 0.5) is 0 Å². The zero-order valence-corrected chi connectivity index (χ0v) is 17.7. The Labute approximate surface area is 182 Å². The predicted molar refractivity (Wildman–Crippen MR) is 121 cm³/mol. The van der Waals surface area contributed by atoms with Crippen LogP contribution in [-0.4, -0.2) is 39.4 Å². The van der Waals surface area contributed by atoms with E-state index in [1.807, 2.05) is 36.5 Å². The Morgan fingerprint density at radius 3 is 2.58 bits per heavy atom. The lowest BCUT2D eigenvalue weighted by molar-refractivity contribution is 0.0903. The second-order valence-corrected chi connectivity index (χ2v) is 9.00. The summed E-state index contributed by atoms with van der Waals surface area (Å²) in [7, 11) is 0. The highest BCUT2D eigenvalue weighted by Gasteiger charge is 2.23. The van der Waals surface area contributed by atoms with Gasteiger partial charge in [0.2, 0.25) is 5.91 Å². The number of aromatic hydroxyl groups is 1. The average molecular weight is 417 g/mol. The summed E-state index contributed by atoms with van der Waals surface area (Å²) in [6.07, 6.45) is 6.85. The van der Waals surface area contributed by atoms with Gasteiger partial charge in [0.05, 0.1) is 5.52 Å². The van der Waals surface area contributed by atoms with Crippen molar-refractivity contribution >= 4 is 22.6 Å². The van der Waals surface area contributed by atoms with Crippen molar-refractivity contribution in [1.29, 1.82) is 0 Å². The largest absolute Gasteiger partial charge is 0.508 e. The highest BCUT2D eigenvalue weighted by molar-refractivity contribution is 6.03. The van der Waals surface area contributed by atoms with Crippen molar-refractivity contribution in [3.05, 3.63) is 65.4 Å². The number of ketones is 1. The van der Waals surface area contributed by atoms with Crippen LogP contribution in [0.1, 0.15) is 58.4 Å². The third-order valence-electron chi connectivity index (χ3n) is 6.89. The highest BCUT2D eigenvalue weighted by atomic mass is 16.3. The molecule has 3 heterocycles. The van der Waals surface area contributed by atoms with Gasteiger partial charge < -0.3 is 5.11 Å². The summed E-state index contributed by atoms with van der Waals surface area (Å²) in [5.41, 5.74) is 4.11. The molecule has 5 nitrogen and oxygen atoms in total. The molecule has 0 aliphatic carbocycles. The molecule has 2 aliphatic heterocycles. The van der Waals surface area contributed by atoms with E-state index in [0.717, 1.165) is 67.3 Å². The molecule has 1 saturated heterocycles. The van der Waals surface area contributed by atoms with Crippen LogP contribution in [0.15, 0.2) is 48.7 Å². The monoisotopic (exact) mass is 416 g/mol. The molecule has 0 atom stereocenters. The van der Waals surface area contributed by atoms with E-state index in [4.69, 9.17) is 0 Å². The van der Waals surface area contributed by atoms with Crippen LogP contribution in [0.25, 0.3) is 10.9 Å². The molecule has 5 heteroatoms. The van der Waals surface area contributed by atoms with Gasteiger partial charge in [0.15, 0.2) is 5.78 Å². The summed E-state index contributed by atoms with van der Waals surface area (Å²) in [6, 6.07) is 13.4. The third kappa shape index (κ3) is 4.15. The number of aryl methyl sites for hydroxylation is 1. The van der Waals surface area contributed by atoms with Crippen LogP contribution in [-0.2, 0) is 13.0 Å². The Kier molecular flexibility index (Phi) is 5.36. The molecular formula is C26H28N2O3. The molecule has 1 fully saturated rings. The summed E-state index contributed by atoms with van der Waals surface area (Å²) in [6.45, 7) is 3.02. The lowest BCUT2D eigenvalue weighted by Crippen LogP contribution is -2.33. The molecule has 0 spiro atoms. The first-order chi connectivity index (χ1) is 15.1. The number of carbonyl (C=O) groups excluding carboxylic acids is 2. The van der Waals surface area contributed by atoms with E-state index >= 15 is 0 Å². The minimum absolute atomic E-state index is 0.137. The smallest absolute Gasteiger partial charge is 0.231 e. The number of nitrogens with zero attached hydrogens (tertiary/aromatic N) is 2. The second-order valence-electron chi connectivity index (χ2n) is 9.00. The van der Waals surface area contributed by atoms with Crippen LogP contribution in [0.2, 0.25) is 0 Å². The molecule has 160 valence electrons. The fraction of sp³-hybridized carbons (Fsp3) is 0.385. The van der Waals surface area contributed by atoms with E-state index < -0.39 is 0 Å². The van der Waals surface area contributed by atoms with Gasteiger partial charge in [-0.3, -0.25) is 19.1 Å². The summed E-state index contributed by atoms with van der Waals surface area (Å²) < 4.78 is 1.73. The van der Waals surface area contributed by atoms with E-state index in [1.54, 1.807) is 16.7 Å². The molecule has 31 heavy (non-hydrogen) atoms. The van der Waals surface area contributed by atoms with Crippen molar-refractivity contribution in [1.82, 2.24) is 9.47 Å². The molecule has 2 aromatic carbocycles. The number of likely N-dealkylation sites (tertiary alicyclic amines) is 1. The molecule has 3 aromatic rings. The molecule has 0 amide bonds. The molecule has 0 saturated carbocycles. The van der Waals surface area contributed by atoms with Gasteiger partial charge in [-0.1, -0.05) is 12.1 Å². The zero-order valence-electron chi connectivity index (χ0n) is 17.7. The summed E-state index contributed by atoms with van der Waals surface area (Å²) in [5, 5.41) is 10.4. The van der Waals surface area contributed by atoms with Crippen molar-refractivity contribution in [2.75, 3.05) is 13.1 Å². The molecular weight excluding hydrogens is 388 g/mol. The minimum atomic E-state index is 0.137. The molecule has 5 rings (SSSR count). The van der Waals surface area contributed by atoms with Gasteiger partial charge in [0.1, 0.15) is 5.75 Å². The first kappa shape index (κ1) is 20.0. The fourth-order valence-electron chi connectivity index (χ4n) is 5.06. The topological polar surface area (TPSA) is 62.5 Å². The number of benzene rings is 2. The second kappa shape index (κ2) is 8.31. The molecule has 1 N–H and O–H groups in total. The Hall–Kier alpha value is -2.92. The first-order valence-electron chi connectivity index (χ1n) is 11.3. The number of hydrogen-bond donors (Lipinski definition) is 1. The van der Waals surface area contributed by atoms with Gasteiger partial charge >= 0.3 is 0 Å². The van der Waals surface area contributed by atoms with Gasteiger partial charge in [-0.25, -0.2) is 0 Å². The number of carbonyl (C=O) groups is 2. The Morgan fingerprint density at radius 1 is 1.03 bits per heavy atom. The lowest BCUT2D eigenvalue weighted by atomic mass is 9.89. The average Bonchev–Trinajstić information content (AvgIpc) is 3.22. The van der Waals surface area contributed by atoms with Crippen molar-refractivity contribution in [2.45, 2.75) is 45.1 Å². The maximum absolute atomic E-state index is 12.9. The predicted octanol–water partition coefficient (Wildman–Crippen LogP) is 4.81. The maximum Gasteiger partial charge on any atom is 0.231 e. The van der Waals surface area contributed by atoms with E-state index in [1.165, 1.54) is 5.56 Å². The Morgan fingerprint density at radius 2 is 1.81 bits per heavy atom. The van der Waals surface area contributed by atoms with Crippen LogP contribution in [0.3, 0.4) is 0 Å². The number of phenolic OH excluding ortho intramolecular Hbond substituents is 1. The molecule has 2 aliphatic rings. The number of rotatable bonds is 6. The van der Waals surface area contributed by atoms with E-state index in [-0.39, 0.29) is 11.7 Å². The van der Waals surface area contributed by atoms with Crippen molar-refractivity contribution < 1.29 is 14.7 Å². The molecule has 0 unspecified atom stereocenters. The molecule has 0 bridgehead atoms. The van der Waals surface area contributed by atoms with Crippen LogP contribution >= 0.6 is 0 Å². The lowest BCUT2D eigenvalue weighted by Gasteiger charge is -2.32. The molecule has 1 aromatic heterocycles. The number of piperidine rings is 1. The van der Waals surface area contributed by atoms with E-state index in [2.05, 4.69) is 4.90 Å². The highest BCUT2D eigenvalue weighted by Crippen LogP contribution is 2.29. The summed E-state index contributed by atoms with van der Waals surface area (Å²) in [5.74, 6) is 1.26. The SMILES string of the molecule is O=C(CCC1CCN(Cc2ccc(O)cc2)CC1)c1cc2c3c(ccn3C(=O)CC2)c1. The Balaban J connectivity index is 1.16. The number of Topliss-reactive ketones (excluding diaryl/α,β-unsaturated/α-hetero) is 1. The van der Waals surface area contributed by atoms with Crippen molar-refractivity contribution in [3.63, 3.8) is 0 Å². The van der Waals surface area contributed by atoms with Gasteiger partial charge in [-0.15, -0.1) is 0 Å². The van der Waals surface area contributed by atoms with E-state index in [9.17, 15) is 14.7 Å². The normalized spacial score (nSPS) is 17.4. The zero-order chi connectivity index (χ0) is 21.4. The van der Waals surface area contributed by atoms with Gasteiger partial charge in [-0.05, 0) is 86.1 Å². The Bertz CT molecular complexity index is 1120.